The van der Waals surface area contributed by atoms with Crippen LogP contribution in [0.25, 0.3) is 10.9 Å². The molecule has 0 saturated heterocycles. The summed E-state index contributed by atoms with van der Waals surface area (Å²) in [6.45, 7) is 3.96. The number of aromatic nitrogens is 1. The number of non-ortho nitro benzene ring substituents is 1. The lowest BCUT2D eigenvalue weighted by Crippen LogP contribution is -1.86. The van der Waals surface area contributed by atoms with Crippen molar-refractivity contribution >= 4 is 16.6 Å². The van der Waals surface area contributed by atoms with Gasteiger partial charge in [0.25, 0.3) is 5.69 Å². The Morgan fingerprint density at radius 1 is 1.36 bits per heavy atom. The van der Waals surface area contributed by atoms with Gasteiger partial charge in [-0.05, 0) is 25.5 Å². The van der Waals surface area contributed by atoms with Crippen molar-refractivity contribution in [2.45, 2.75) is 13.8 Å². The Balaban J connectivity index is 2.73. The Labute approximate surface area is 80.7 Å². The molecule has 0 aliphatic heterocycles. The van der Waals surface area contributed by atoms with Gasteiger partial charge in [0.15, 0.2) is 0 Å². The van der Waals surface area contributed by atoms with Gasteiger partial charge in [-0.15, -0.1) is 0 Å². The summed E-state index contributed by atoms with van der Waals surface area (Å²) < 4.78 is 0. The second-order valence-electron chi connectivity index (χ2n) is 3.36. The van der Waals surface area contributed by atoms with E-state index >= 15 is 0 Å². The molecule has 2 rings (SSSR count). The number of fused-ring (bicyclic) bond motifs is 1. The molecule has 2 aromatic rings. The topological polar surface area (TPSA) is 58.9 Å². The molecule has 1 aromatic carbocycles. The van der Waals surface area contributed by atoms with Gasteiger partial charge in [0.2, 0.25) is 0 Å². The lowest BCUT2D eigenvalue weighted by Gasteiger charge is -1.92. The van der Waals surface area contributed by atoms with Crippen molar-refractivity contribution in [3.63, 3.8) is 0 Å². The molecule has 4 nitrogen and oxygen atoms in total. The van der Waals surface area contributed by atoms with Crippen LogP contribution in [0.15, 0.2) is 18.2 Å². The molecule has 1 aromatic heterocycles. The van der Waals surface area contributed by atoms with E-state index in [1.165, 1.54) is 6.07 Å². The molecule has 1 heterocycles. The van der Waals surface area contributed by atoms with Crippen LogP contribution in [0, 0.1) is 24.0 Å². The maximum atomic E-state index is 10.5. The van der Waals surface area contributed by atoms with E-state index in [0.29, 0.717) is 0 Å². The number of hydrogen-bond acceptors (Lipinski definition) is 2. The van der Waals surface area contributed by atoms with Gasteiger partial charge in [0.05, 0.1) is 10.4 Å². The molecule has 4 heteroatoms. The zero-order valence-corrected chi connectivity index (χ0v) is 8.00. The average Bonchev–Trinajstić information content (AvgIpc) is 2.42. The van der Waals surface area contributed by atoms with Crippen molar-refractivity contribution < 1.29 is 4.92 Å². The molecule has 0 atom stereocenters. The maximum Gasteiger partial charge on any atom is 0.271 e. The lowest BCUT2D eigenvalue weighted by atomic mass is 10.1. The molecule has 0 aliphatic carbocycles. The van der Waals surface area contributed by atoms with Crippen molar-refractivity contribution in [1.82, 2.24) is 4.98 Å². The Bertz CT molecular complexity index is 514. The highest BCUT2D eigenvalue weighted by Gasteiger charge is 2.09. The molecule has 1 N–H and O–H groups in total. The van der Waals surface area contributed by atoms with Crippen LogP contribution in [-0.2, 0) is 0 Å². The van der Waals surface area contributed by atoms with Gasteiger partial charge in [-0.2, -0.15) is 0 Å². The molecule has 0 amide bonds. The van der Waals surface area contributed by atoms with Crippen LogP contribution in [0.2, 0.25) is 0 Å². The number of nitro benzene ring substituents is 1. The summed E-state index contributed by atoms with van der Waals surface area (Å²) >= 11 is 0. The molecule has 0 saturated carbocycles. The first-order valence-electron chi connectivity index (χ1n) is 4.33. The minimum atomic E-state index is -0.384. The van der Waals surface area contributed by atoms with Crippen molar-refractivity contribution in [1.29, 1.82) is 0 Å². The Morgan fingerprint density at radius 2 is 2.07 bits per heavy atom. The van der Waals surface area contributed by atoms with Crippen LogP contribution in [-0.4, -0.2) is 9.91 Å². The van der Waals surface area contributed by atoms with Gasteiger partial charge in [-0.1, -0.05) is 0 Å². The molecule has 72 valence electrons. The largest absolute Gasteiger partial charge is 0.358 e. The number of rotatable bonds is 1. The first kappa shape index (κ1) is 8.74. The summed E-state index contributed by atoms with van der Waals surface area (Å²) in [5.41, 5.74) is 3.16. The number of H-pyrrole nitrogens is 1. The Morgan fingerprint density at radius 3 is 2.71 bits per heavy atom. The number of benzene rings is 1. The quantitative estimate of drug-likeness (QED) is 0.555. The highest BCUT2D eigenvalue weighted by Crippen LogP contribution is 2.24. The van der Waals surface area contributed by atoms with Gasteiger partial charge >= 0.3 is 0 Å². The normalized spacial score (nSPS) is 10.7. The molecule has 0 aliphatic rings. The van der Waals surface area contributed by atoms with E-state index in [1.807, 2.05) is 13.8 Å². The predicted octanol–water partition coefficient (Wildman–Crippen LogP) is 2.69. The van der Waals surface area contributed by atoms with E-state index in [9.17, 15) is 10.1 Å². The third-order valence-corrected chi connectivity index (χ3v) is 2.50. The molecule has 0 bridgehead atoms. The highest BCUT2D eigenvalue weighted by molar-refractivity contribution is 5.86. The first-order chi connectivity index (χ1) is 6.59. The Kier molecular flexibility index (Phi) is 1.77. The molecule has 0 radical (unpaired) electrons. The summed E-state index contributed by atoms with van der Waals surface area (Å²) in [6.07, 6.45) is 0. The number of nitro groups is 1. The highest BCUT2D eigenvalue weighted by atomic mass is 16.6. The van der Waals surface area contributed by atoms with Crippen LogP contribution in [0.5, 0.6) is 0 Å². The minimum Gasteiger partial charge on any atom is -0.358 e. The summed E-state index contributed by atoms with van der Waals surface area (Å²) in [7, 11) is 0. The van der Waals surface area contributed by atoms with Gasteiger partial charge in [0.1, 0.15) is 0 Å². The van der Waals surface area contributed by atoms with Crippen molar-refractivity contribution in [3.05, 3.63) is 39.6 Å². The van der Waals surface area contributed by atoms with Crippen molar-refractivity contribution in [2.75, 3.05) is 0 Å². The molecular weight excluding hydrogens is 180 g/mol. The van der Waals surface area contributed by atoms with Crippen LogP contribution in [0.1, 0.15) is 11.3 Å². The first-order valence-corrected chi connectivity index (χ1v) is 4.33. The van der Waals surface area contributed by atoms with Gasteiger partial charge in [0, 0.05) is 23.2 Å². The zero-order chi connectivity index (χ0) is 10.3. The smallest absolute Gasteiger partial charge is 0.271 e. The third-order valence-electron chi connectivity index (χ3n) is 2.50. The summed E-state index contributed by atoms with van der Waals surface area (Å²) in [6, 6.07) is 4.88. The maximum absolute atomic E-state index is 10.5. The standard InChI is InChI=1S/C10H10N2O2/c1-6-7(2)11-10-5-8(12(13)14)3-4-9(6)10/h3-5,11H,1-2H3. The summed E-state index contributed by atoms with van der Waals surface area (Å²) in [4.78, 5) is 13.3. The van der Waals surface area contributed by atoms with E-state index in [1.54, 1.807) is 12.1 Å². The number of hydrogen-bond donors (Lipinski definition) is 1. The van der Waals surface area contributed by atoms with Crippen LogP contribution in [0.4, 0.5) is 5.69 Å². The number of aromatic amines is 1. The number of nitrogens with zero attached hydrogens (tertiary/aromatic N) is 1. The van der Waals surface area contributed by atoms with E-state index < -0.39 is 0 Å². The van der Waals surface area contributed by atoms with E-state index in [-0.39, 0.29) is 10.6 Å². The summed E-state index contributed by atoms with van der Waals surface area (Å²) in [5.74, 6) is 0. The second kappa shape index (κ2) is 2.83. The van der Waals surface area contributed by atoms with Crippen LogP contribution < -0.4 is 0 Å². The van der Waals surface area contributed by atoms with E-state index in [2.05, 4.69) is 4.98 Å². The monoisotopic (exact) mass is 190 g/mol. The second-order valence-corrected chi connectivity index (χ2v) is 3.36. The van der Waals surface area contributed by atoms with Crippen LogP contribution in [0.3, 0.4) is 0 Å². The van der Waals surface area contributed by atoms with Gasteiger partial charge in [-0.3, -0.25) is 10.1 Å². The molecular formula is C10H10N2O2. The fourth-order valence-corrected chi connectivity index (χ4v) is 1.57. The fourth-order valence-electron chi connectivity index (χ4n) is 1.57. The zero-order valence-electron chi connectivity index (χ0n) is 8.00. The van der Waals surface area contributed by atoms with Crippen molar-refractivity contribution in [3.8, 4) is 0 Å². The SMILES string of the molecule is Cc1[nH]c2cc([N+](=O)[O-])ccc2c1C. The minimum absolute atomic E-state index is 0.124. The van der Waals surface area contributed by atoms with E-state index in [4.69, 9.17) is 0 Å². The number of nitrogens with one attached hydrogen (secondary N) is 1. The molecule has 0 spiro atoms. The molecule has 0 fully saturated rings. The fraction of sp³-hybridized carbons (Fsp3) is 0.200. The lowest BCUT2D eigenvalue weighted by molar-refractivity contribution is -0.384. The Hall–Kier alpha value is -1.84. The van der Waals surface area contributed by atoms with Gasteiger partial charge in [-0.25, -0.2) is 0 Å². The van der Waals surface area contributed by atoms with Crippen LogP contribution >= 0.6 is 0 Å². The van der Waals surface area contributed by atoms with Gasteiger partial charge < -0.3 is 4.98 Å². The predicted molar refractivity (Wildman–Crippen MR) is 54.4 cm³/mol. The molecule has 14 heavy (non-hydrogen) atoms. The van der Waals surface area contributed by atoms with Crippen molar-refractivity contribution in [2.24, 2.45) is 0 Å². The van der Waals surface area contributed by atoms with E-state index in [0.717, 1.165) is 22.2 Å². The summed E-state index contributed by atoms with van der Waals surface area (Å²) in [5, 5.41) is 11.6. The number of aryl methyl sites for hydroxylation is 2. The third kappa shape index (κ3) is 1.16. The average molecular weight is 190 g/mol. The molecule has 0 unspecified atom stereocenters.